The maximum absolute atomic E-state index is 13.1. The summed E-state index contributed by atoms with van der Waals surface area (Å²) in [6.07, 6.45) is 9.60. The molecule has 1 unspecified atom stereocenters. The smallest absolute Gasteiger partial charge is 0.252 e. The zero-order valence-electron chi connectivity index (χ0n) is 20.1. The van der Waals surface area contributed by atoms with Crippen molar-refractivity contribution in [3.05, 3.63) is 51.6 Å². The minimum absolute atomic E-state index is 0.00832. The highest BCUT2D eigenvalue weighted by molar-refractivity contribution is 5.79. The SMILES string of the molecule is Cc1ccc2cc(CN(C3CCCC3)C(c3nnnn3C3CCCC3)C(C)C)c(=O)[nH]c2c1. The molecule has 5 rings (SSSR count). The van der Waals surface area contributed by atoms with Gasteiger partial charge in [-0.25, -0.2) is 4.68 Å². The number of tetrazole rings is 1. The van der Waals surface area contributed by atoms with E-state index in [-0.39, 0.29) is 11.6 Å². The van der Waals surface area contributed by atoms with Gasteiger partial charge in [-0.1, -0.05) is 51.7 Å². The normalized spacial score (nSPS) is 18.8. The van der Waals surface area contributed by atoms with Crippen molar-refractivity contribution in [2.45, 2.75) is 96.8 Å². The van der Waals surface area contributed by atoms with Crippen molar-refractivity contribution in [1.29, 1.82) is 0 Å². The summed E-state index contributed by atoms with van der Waals surface area (Å²) in [4.78, 5) is 18.8. The van der Waals surface area contributed by atoms with Gasteiger partial charge in [0.1, 0.15) is 0 Å². The lowest BCUT2D eigenvalue weighted by Gasteiger charge is -2.38. The Morgan fingerprint density at radius 3 is 2.55 bits per heavy atom. The Hall–Kier alpha value is -2.54. The third-order valence-electron chi connectivity index (χ3n) is 7.67. The summed E-state index contributed by atoms with van der Waals surface area (Å²) in [5.41, 5.74) is 2.89. The molecule has 3 aromatic rings. The molecule has 0 aliphatic heterocycles. The number of hydrogen-bond donors (Lipinski definition) is 1. The summed E-state index contributed by atoms with van der Waals surface area (Å²) in [7, 11) is 0. The minimum Gasteiger partial charge on any atom is -0.322 e. The number of nitrogens with zero attached hydrogens (tertiary/aromatic N) is 5. The van der Waals surface area contributed by atoms with Crippen molar-refractivity contribution in [1.82, 2.24) is 30.1 Å². The van der Waals surface area contributed by atoms with E-state index in [2.05, 4.69) is 69.1 Å². The van der Waals surface area contributed by atoms with E-state index in [0.717, 1.165) is 40.7 Å². The van der Waals surface area contributed by atoms with Crippen LogP contribution in [0.2, 0.25) is 0 Å². The van der Waals surface area contributed by atoms with Gasteiger partial charge < -0.3 is 4.98 Å². The van der Waals surface area contributed by atoms with Gasteiger partial charge in [-0.3, -0.25) is 9.69 Å². The van der Waals surface area contributed by atoms with Crippen LogP contribution in [0, 0.1) is 12.8 Å². The summed E-state index contributed by atoms with van der Waals surface area (Å²) in [5.74, 6) is 1.30. The molecule has 33 heavy (non-hydrogen) atoms. The van der Waals surface area contributed by atoms with Crippen LogP contribution in [0.25, 0.3) is 10.9 Å². The van der Waals surface area contributed by atoms with E-state index in [4.69, 9.17) is 0 Å². The number of aromatic amines is 1. The van der Waals surface area contributed by atoms with Gasteiger partial charge in [-0.2, -0.15) is 0 Å². The second kappa shape index (κ2) is 9.37. The van der Waals surface area contributed by atoms with E-state index < -0.39 is 0 Å². The van der Waals surface area contributed by atoms with Crippen LogP contribution in [0.5, 0.6) is 0 Å². The van der Waals surface area contributed by atoms with Crippen molar-refractivity contribution >= 4 is 10.9 Å². The number of rotatable bonds is 7. The van der Waals surface area contributed by atoms with Gasteiger partial charge in [-0.15, -0.1) is 5.10 Å². The Labute approximate surface area is 195 Å². The number of fused-ring (bicyclic) bond motifs is 1. The number of benzene rings is 1. The topological polar surface area (TPSA) is 79.7 Å². The highest BCUT2D eigenvalue weighted by Crippen LogP contribution is 2.38. The lowest BCUT2D eigenvalue weighted by atomic mass is 9.97. The van der Waals surface area contributed by atoms with Crippen LogP contribution in [0.15, 0.2) is 29.1 Å². The summed E-state index contributed by atoms with van der Waals surface area (Å²) >= 11 is 0. The summed E-state index contributed by atoms with van der Waals surface area (Å²) < 4.78 is 2.10. The molecule has 2 saturated carbocycles. The number of nitrogens with one attached hydrogen (secondary N) is 1. The molecule has 0 bridgehead atoms. The molecule has 1 aromatic carbocycles. The van der Waals surface area contributed by atoms with Crippen molar-refractivity contribution in [3.8, 4) is 0 Å². The van der Waals surface area contributed by atoms with Gasteiger partial charge in [0.25, 0.3) is 5.56 Å². The number of pyridine rings is 1. The lowest BCUT2D eigenvalue weighted by Crippen LogP contribution is -2.41. The third-order valence-corrected chi connectivity index (χ3v) is 7.67. The Kier molecular flexibility index (Phi) is 6.32. The summed E-state index contributed by atoms with van der Waals surface area (Å²) in [5, 5.41) is 14.2. The Morgan fingerprint density at radius 2 is 1.82 bits per heavy atom. The Balaban J connectivity index is 1.54. The van der Waals surface area contributed by atoms with Crippen LogP contribution < -0.4 is 5.56 Å². The van der Waals surface area contributed by atoms with E-state index in [1.807, 2.05) is 6.07 Å². The molecular weight excluding hydrogens is 412 g/mol. The first kappa shape index (κ1) is 22.3. The van der Waals surface area contributed by atoms with Crippen LogP contribution in [0.4, 0.5) is 0 Å². The van der Waals surface area contributed by atoms with E-state index in [9.17, 15) is 4.79 Å². The van der Waals surface area contributed by atoms with E-state index in [0.29, 0.717) is 24.5 Å². The molecule has 7 heteroatoms. The maximum atomic E-state index is 13.1. The van der Waals surface area contributed by atoms with Crippen LogP contribution in [0.1, 0.15) is 94.2 Å². The fourth-order valence-electron chi connectivity index (χ4n) is 6.00. The van der Waals surface area contributed by atoms with Gasteiger partial charge in [0.05, 0.1) is 12.1 Å². The second-order valence-corrected chi connectivity index (χ2v) is 10.4. The largest absolute Gasteiger partial charge is 0.322 e. The third kappa shape index (κ3) is 4.47. The van der Waals surface area contributed by atoms with Crippen LogP contribution in [0.3, 0.4) is 0 Å². The zero-order chi connectivity index (χ0) is 22.9. The van der Waals surface area contributed by atoms with Crippen molar-refractivity contribution in [3.63, 3.8) is 0 Å². The van der Waals surface area contributed by atoms with Crippen LogP contribution in [-0.2, 0) is 6.54 Å². The summed E-state index contributed by atoms with van der Waals surface area (Å²) in [6, 6.07) is 9.25. The molecule has 2 heterocycles. The first-order chi connectivity index (χ1) is 16.0. The highest BCUT2D eigenvalue weighted by Gasteiger charge is 2.36. The molecule has 0 spiro atoms. The van der Waals surface area contributed by atoms with Gasteiger partial charge in [0.15, 0.2) is 5.82 Å². The number of aryl methyl sites for hydroxylation is 1. The second-order valence-electron chi connectivity index (χ2n) is 10.4. The van der Waals surface area contributed by atoms with Crippen LogP contribution >= 0.6 is 0 Å². The van der Waals surface area contributed by atoms with Gasteiger partial charge in [0, 0.05) is 23.7 Å². The molecule has 2 aliphatic rings. The molecule has 7 nitrogen and oxygen atoms in total. The fourth-order valence-corrected chi connectivity index (χ4v) is 6.00. The summed E-state index contributed by atoms with van der Waals surface area (Å²) in [6.45, 7) is 7.18. The molecule has 2 aliphatic carbocycles. The van der Waals surface area contributed by atoms with E-state index >= 15 is 0 Å². The Morgan fingerprint density at radius 1 is 1.09 bits per heavy atom. The quantitative estimate of drug-likeness (QED) is 0.545. The average molecular weight is 449 g/mol. The van der Waals surface area contributed by atoms with Crippen molar-refractivity contribution in [2.24, 2.45) is 5.92 Å². The van der Waals surface area contributed by atoms with Crippen molar-refractivity contribution < 1.29 is 0 Å². The Bertz CT molecular complexity index is 1150. The highest BCUT2D eigenvalue weighted by atomic mass is 16.1. The molecule has 176 valence electrons. The molecule has 2 aromatic heterocycles. The number of aromatic nitrogens is 5. The molecule has 1 atom stereocenters. The van der Waals surface area contributed by atoms with Gasteiger partial charge in [-0.05, 0) is 72.0 Å². The standard InChI is InChI=1S/C26H36N6O/c1-17(2)24(25-28-29-30-32(25)22-10-6-7-11-22)31(21-8-4-5-9-21)16-20-15-19-13-12-18(3)14-23(19)27-26(20)33/h12-15,17,21-22,24H,4-11,16H2,1-3H3,(H,27,33). The number of hydrogen-bond acceptors (Lipinski definition) is 5. The number of H-pyrrole nitrogens is 1. The molecule has 2 fully saturated rings. The van der Waals surface area contributed by atoms with Crippen molar-refractivity contribution in [2.75, 3.05) is 0 Å². The zero-order valence-corrected chi connectivity index (χ0v) is 20.1. The first-order valence-corrected chi connectivity index (χ1v) is 12.7. The van der Waals surface area contributed by atoms with Gasteiger partial charge in [0.2, 0.25) is 0 Å². The molecule has 0 amide bonds. The van der Waals surface area contributed by atoms with Gasteiger partial charge >= 0.3 is 0 Å². The lowest BCUT2D eigenvalue weighted by molar-refractivity contribution is 0.0826. The molecule has 0 radical (unpaired) electrons. The molecular formula is C26H36N6O. The molecule has 0 saturated heterocycles. The minimum atomic E-state index is 0.00832. The first-order valence-electron chi connectivity index (χ1n) is 12.7. The predicted octanol–water partition coefficient (Wildman–Crippen LogP) is 5.08. The fraction of sp³-hybridized carbons (Fsp3) is 0.615. The van der Waals surface area contributed by atoms with E-state index in [1.54, 1.807) is 0 Å². The monoisotopic (exact) mass is 448 g/mol. The predicted molar refractivity (Wildman–Crippen MR) is 130 cm³/mol. The average Bonchev–Trinajstić information content (AvgIpc) is 3.55. The van der Waals surface area contributed by atoms with Crippen LogP contribution in [-0.4, -0.2) is 36.1 Å². The van der Waals surface area contributed by atoms with E-state index in [1.165, 1.54) is 38.5 Å². The maximum Gasteiger partial charge on any atom is 0.252 e. The molecule has 1 N–H and O–H groups in total.